The first-order chi connectivity index (χ1) is 12.1. The molecule has 9 heteroatoms. The Kier molecular flexibility index (Phi) is 12.8. The molecule has 0 aromatic heterocycles. The van der Waals surface area contributed by atoms with Gasteiger partial charge in [0.25, 0.3) is 8.53 Å². The minimum absolute atomic E-state index is 0.0696. The fraction of sp³-hybridized carbons (Fsp3) is 0.941. The molecule has 0 spiro atoms. The zero-order chi connectivity index (χ0) is 20.3. The highest BCUT2D eigenvalue weighted by molar-refractivity contribution is 7.44. The molecule has 0 aliphatic rings. The lowest BCUT2D eigenvalue weighted by Crippen LogP contribution is -2.45. The van der Waals surface area contributed by atoms with Gasteiger partial charge in [-0.25, -0.2) is 15.6 Å². The van der Waals surface area contributed by atoms with Crippen LogP contribution in [0, 0.1) is 6.57 Å². The highest BCUT2D eigenvalue weighted by Gasteiger charge is 2.41. The molecule has 26 heavy (non-hydrogen) atoms. The number of hydrogen-bond donors (Lipinski definition) is 0. The first-order valence-electron chi connectivity index (χ1n) is 8.95. The van der Waals surface area contributed by atoms with Crippen LogP contribution in [0.5, 0.6) is 0 Å². The molecule has 0 saturated heterocycles. The predicted molar refractivity (Wildman–Crippen MR) is 104 cm³/mol. The van der Waals surface area contributed by atoms with Crippen LogP contribution in [-0.2, 0) is 18.5 Å². The molecule has 0 amide bonds. The smallest absolute Gasteiger partial charge is 0.259 e. The zero-order valence-electron chi connectivity index (χ0n) is 17.1. The van der Waals surface area contributed by atoms with Gasteiger partial charge in [-0.3, -0.25) is 0 Å². The summed E-state index contributed by atoms with van der Waals surface area (Å²) in [6.07, 6.45) is -0.838. The van der Waals surface area contributed by atoms with E-state index in [0.717, 1.165) is 0 Å². The molecular formula is C17H33BFN2O4P. The van der Waals surface area contributed by atoms with Crippen molar-refractivity contribution in [3.63, 3.8) is 0 Å². The molecule has 1 unspecified atom stereocenters. The Balaban J connectivity index is 5.27. The molecule has 0 aromatic carbocycles. The van der Waals surface area contributed by atoms with Crippen molar-refractivity contribution in [2.75, 3.05) is 26.9 Å². The van der Waals surface area contributed by atoms with E-state index in [1.807, 2.05) is 32.4 Å². The van der Waals surface area contributed by atoms with Gasteiger partial charge >= 0.3 is 0 Å². The number of methoxy groups -OCH3 is 1. The van der Waals surface area contributed by atoms with E-state index in [1.165, 1.54) is 7.11 Å². The van der Waals surface area contributed by atoms with E-state index < -0.39 is 26.5 Å². The lowest BCUT2D eigenvalue weighted by atomic mass is 10.00. The van der Waals surface area contributed by atoms with Crippen molar-refractivity contribution in [1.82, 2.24) is 4.67 Å². The van der Waals surface area contributed by atoms with Crippen LogP contribution in [0.15, 0.2) is 0 Å². The van der Waals surface area contributed by atoms with Crippen LogP contribution < -0.4 is 0 Å². The van der Waals surface area contributed by atoms with Crippen LogP contribution in [0.3, 0.4) is 0 Å². The van der Waals surface area contributed by atoms with E-state index in [1.54, 1.807) is 13.8 Å². The molecule has 0 heterocycles. The molecule has 4 atom stereocenters. The van der Waals surface area contributed by atoms with E-state index in [2.05, 4.69) is 4.85 Å². The van der Waals surface area contributed by atoms with Gasteiger partial charge in [-0.15, -0.1) is 0 Å². The topological polar surface area (TPSA) is 44.5 Å². The summed E-state index contributed by atoms with van der Waals surface area (Å²) in [6.45, 7) is 18.8. The Bertz CT molecular complexity index is 420. The molecule has 150 valence electrons. The Morgan fingerprint density at radius 1 is 1.23 bits per heavy atom. The number of ether oxygens (including phenoxy) is 2. The van der Waals surface area contributed by atoms with E-state index in [4.69, 9.17) is 32.9 Å². The minimum atomic E-state index is -2.07. The average Bonchev–Trinajstić information content (AvgIpc) is 2.54. The van der Waals surface area contributed by atoms with E-state index in [9.17, 15) is 0 Å². The number of hydrogen-bond acceptors (Lipinski definition) is 5. The van der Waals surface area contributed by atoms with Gasteiger partial charge in [0.05, 0.1) is 6.61 Å². The summed E-state index contributed by atoms with van der Waals surface area (Å²) >= 11 is 0. The Hall–Kier alpha value is -0.285. The molecule has 0 fully saturated rings. The largest absolute Gasteiger partial charge is 0.383 e. The third kappa shape index (κ3) is 8.60. The van der Waals surface area contributed by atoms with Gasteiger partial charge in [0.2, 0.25) is 12.4 Å². The predicted octanol–water partition coefficient (Wildman–Crippen LogP) is 3.91. The van der Waals surface area contributed by atoms with Crippen molar-refractivity contribution >= 4 is 16.4 Å². The highest BCUT2D eigenvalue weighted by Crippen LogP contribution is 2.49. The molecule has 0 bridgehead atoms. The van der Waals surface area contributed by atoms with E-state index >= 15 is 4.39 Å². The fourth-order valence-electron chi connectivity index (χ4n) is 2.42. The van der Waals surface area contributed by atoms with E-state index in [0.29, 0.717) is 0 Å². The second-order valence-corrected chi connectivity index (χ2v) is 7.93. The third-order valence-electron chi connectivity index (χ3n) is 3.67. The van der Waals surface area contributed by atoms with Crippen molar-refractivity contribution < 1.29 is 22.9 Å². The van der Waals surface area contributed by atoms with Gasteiger partial charge in [-0.1, -0.05) is 6.92 Å². The van der Waals surface area contributed by atoms with Gasteiger partial charge in [-0.05, 0) is 34.6 Å². The van der Waals surface area contributed by atoms with Crippen molar-refractivity contribution in [1.29, 1.82) is 0 Å². The quantitative estimate of drug-likeness (QED) is 0.195. The monoisotopic (exact) mass is 390 g/mol. The minimum Gasteiger partial charge on any atom is -0.383 e. The Labute approximate surface area is 160 Å². The highest BCUT2D eigenvalue weighted by atomic mass is 31.2. The van der Waals surface area contributed by atoms with Crippen LogP contribution in [-0.4, -0.2) is 69.4 Å². The number of nitrogens with zero attached hydrogens (tertiary/aromatic N) is 2. The first kappa shape index (κ1) is 25.7. The summed E-state index contributed by atoms with van der Waals surface area (Å²) in [6, 6.07) is -0.626. The molecule has 0 aliphatic heterocycles. The lowest BCUT2D eigenvalue weighted by Gasteiger charge is -2.40. The summed E-state index contributed by atoms with van der Waals surface area (Å²) < 4.78 is 39.4. The molecule has 0 saturated carbocycles. The molecule has 0 aromatic rings. The number of halogens is 1. The zero-order valence-corrected chi connectivity index (χ0v) is 18.0. The molecule has 0 aliphatic carbocycles. The van der Waals surface area contributed by atoms with Crippen LogP contribution in [0.4, 0.5) is 4.39 Å². The maximum atomic E-state index is 15.3. The first-order valence-corrected chi connectivity index (χ1v) is 10.1. The lowest BCUT2D eigenvalue weighted by molar-refractivity contribution is -0.214. The maximum Gasteiger partial charge on any atom is 0.259 e. The van der Waals surface area contributed by atoms with Crippen LogP contribution in [0.1, 0.15) is 48.0 Å². The van der Waals surface area contributed by atoms with Gasteiger partial charge in [-0.2, -0.15) is 0 Å². The van der Waals surface area contributed by atoms with E-state index in [-0.39, 0.29) is 38.3 Å². The van der Waals surface area contributed by atoms with Gasteiger partial charge in [0.15, 0.2) is 0 Å². The van der Waals surface area contributed by atoms with Crippen molar-refractivity contribution in [2.45, 2.75) is 78.0 Å². The van der Waals surface area contributed by atoms with Crippen molar-refractivity contribution in [3.05, 3.63) is 11.4 Å². The summed E-state index contributed by atoms with van der Waals surface area (Å²) in [5.74, 6) is -2.07. The Morgan fingerprint density at radius 2 is 1.81 bits per heavy atom. The SMILES string of the molecule is [B][C@@H](COC)O[C@](F)(CC)[C@@H](C)OP(OCC[N+]#[C-])N(C(C)C)C(C)C. The maximum absolute atomic E-state index is 15.3. The molecule has 2 radical (unpaired) electrons. The molecule has 0 N–H and O–H groups in total. The summed E-state index contributed by atoms with van der Waals surface area (Å²) in [4.78, 5) is 3.29. The Morgan fingerprint density at radius 3 is 2.23 bits per heavy atom. The van der Waals surface area contributed by atoms with Gasteiger partial charge < -0.3 is 23.4 Å². The van der Waals surface area contributed by atoms with Crippen LogP contribution in [0.2, 0.25) is 0 Å². The summed E-state index contributed by atoms with van der Waals surface area (Å²) in [7, 11) is 5.67. The normalized spacial score (nSPS) is 17.9. The van der Waals surface area contributed by atoms with Gasteiger partial charge in [0, 0.05) is 31.6 Å². The summed E-state index contributed by atoms with van der Waals surface area (Å²) in [5, 5.41) is 0. The van der Waals surface area contributed by atoms with Crippen molar-refractivity contribution in [3.8, 4) is 0 Å². The van der Waals surface area contributed by atoms with Crippen LogP contribution >= 0.6 is 8.53 Å². The van der Waals surface area contributed by atoms with Gasteiger partial charge in [0.1, 0.15) is 20.6 Å². The number of alkyl halides is 1. The second-order valence-electron chi connectivity index (χ2n) is 6.52. The summed E-state index contributed by atoms with van der Waals surface area (Å²) in [5.41, 5.74) is 0. The van der Waals surface area contributed by atoms with Crippen LogP contribution in [0.25, 0.3) is 4.85 Å². The molecule has 6 nitrogen and oxygen atoms in total. The molecular weight excluding hydrogens is 357 g/mol. The fourth-order valence-corrected chi connectivity index (χ4v) is 4.14. The standard InChI is InChI=1S/C17H33BFN2O4P/c1-9-17(19,24-16(18)12-22-8)15(6)25-26(23-11-10-20-7)21(13(2)3)14(4)5/h13-16H,9-12H2,1-6,8H3/t15-,16-,17-,26?/m1/s1. The molecule has 0 rings (SSSR count). The average molecular weight is 390 g/mol. The second kappa shape index (κ2) is 13.0. The van der Waals surface area contributed by atoms with Crippen molar-refractivity contribution in [2.24, 2.45) is 0 Å². The number of rotatable bonds is 14. The third-order valence-corrected chi connectivity index (χ3v) is 5.87.